The maximum atomic E-state index is 12.5. The number of rotatable bonds is 6. The van der Waals surface area contributed by atoms with E-state index in [1.54, 1.807) is 4.90 Å². The predicted molar refractivity (Wildman–Crippen MR) is 121 cm³/mol. The first-order valence-corrected chi connectivity index (χ1v) is 11.5. The number of benzene rings is 2. The lowest BCUT2D eigenvalue weighted by atomic mass is 10.1. The van der Waals surface area contributed by atoms with Gasteiger partial charge in [-0.25, -0.2) is 0 Å². The summed E-state index contributed by atoms with van der Waals surface area (Å²) >= 11 is 2.01. The molecule has 0 bridgehead atoms. The number of anilines is 2. The fourth-order valence-electron chi connectivity index (χ4n) is 3.81. The molecule has 2 aliphatic heterocycles. The first-order chi connectivity index (χ1) is 14.6. The Hall–Kier alpha value is -2.51. The van der Waals surface area contributed by atoms with Gasteiger partial charge in [-0.1, -0.05) is 24.3 Å². The summed E-state index contributed by atoms with van der Waals surface area (Å²) in [5, 5.41) is 2.99. The highest BCUT2D eigenvalue weighted by Crippen LogP contribution is 2.31. The van der Waals surface area contributed by atoms with Gasteiger partial charge in [0.2, 0.25) is 5.91 Å². The van der Waals surface area contributed by atoms with E-state index in [0.717, 1.165) is 36.6 Å². The molecule has 0 spiro atoms. The third kappa shape index (κ3) is 4.96. The molecule has 1 fully saturated rings. The molecule has 2 aromatic carbocycles. The fourth-order valence-corrected chi connectivity index (χ4v) is 4.79. The minimum absolute atomic E-state index is 0.00884. The molecule has 1 saturated heterocycles. The van der Waals surface area contributed by atoms with Crippen LogP contribution >= 0.6 is 11.8 Å². The summed E-state index contributed by atoms with van der Waals surface area (Å²) in [5.41, 5.74) is 3.87. The Kier molecular flexibility index (Phi) is 6.59. The van der Waals surface area contributed by atoms with E-state index in [1.165, 1.54) is 17.1 Å². The van der Waals surface area contributed by atoms with Crippen LogP contribution in [0.25, 0.3) is 0 Å². The Morgan fingerprint density at radius 1 is 1.17 bits per heavy atom. The van der Waals surface area contributed by atoms with Gasteiger partial charge in [0, 0.05) is 49.8 Å². The van der Waals surface area contributed by atoms with E-state index >= 15 is 0 Å². The zero-order chi connectivity index (χ0) is 20.9. The third-order valence-corrected chi connectivity index (χ3v) is 6.39. The van der Waals surface area contributed by atoms with Gasteiger partial charge in [-0.05, 0) is 36.2 Å². The number of ether oxygens (including phenoxy) is 1. The molecule has 2 aliphatic rings. The van der Waals surface area contributed by atoms with Crippen LogP contribution in [0.5, 0.6) is 5.75 Å². The molecule has 2 heterocycles. The van der Waals surface area contributed by atoms with Crippen molar-refractivity contribution in [1.82, 2.24) is 4.90 Å². The largest absolute Gasteiger partial charge is 0.482 e. The number of carbonyl (C=O) groups excluding carboxylic acids is 2. The molecule has 2 aromatic rings. The summed E-state index contributed by atoms with van der Waals surface area (Å²) in [5.74, 6) is 2.84. The van der Waals surface area contributed by atoms with Gasteiger partial charge in [-0.2, -0.15) is 11.8 Å². The van der Waals surface area contributed by atoms with Gasteiger partial charge in [0.05, 0.1) is 5.69 Å². The Morgan fingerprint density at radius 3 is 2.77 bits per heavy atom. The average molecular weight is 426 g/mol. The molecule has 6 nitrogen and oxygen atoms in total. The Morgan fingerprint density at radius 2 is 1.97 bits per heavy atom. The van der Waals surface area contributed by atoms with Crippen molar-refractivity contribution in [3.63, 3.8) is 0 Å². The van der Waals surface area contributed by atoms with Crippen molar-refractivity contribution < 1.29 is 14.3 Å². The monoisotopic (exact) mass is 425 g/mol. The molecule has 0 radical (unpaired) electrons. The number of fused-ring (bicyclic) bond motifs is 1. The number of nitrogens with zero attached hydrogens (tertiary/aromatic N) is 2. The SMILES string of the molecule is Cc1cc(CN2CCSCC2)ccc1NC(=O)CCN1C(=O)COc2ccccc21. The van der Waals surface area contributed by atoms with Crippen LogP contribution in [0, 0.1) is 6.92 Å². The number of para-hydroxylation sites is 2. The van der Waals surface area contributed by atoms with Gasteiger partial charge in [0.15, 0.2) is 6.61 Å². The first-order valence-electron chi connectivity index (χ1n) is 10.3. The second-order valence-electron chi connectivity index (χ2n) is 7.64. The van der Waals surface area contributed by atoms with Crippen molar-refractivity contribution in [2.24, 2.45) is 0 Å². The molecule has 0 atom stereocenters. The number of thioether (sulfide) groups is 1. The second kappa shape index (κ2) is 9.53. The average Bonchev–Trinajstić information content (AvgIpc) is 2.76. The molecule has 30 heavy (non-hydrogen) atoms. The molecular weight excluding hydrogens is 398 g/mol. The summed E-state index contributed by atoms with van der Waals surface area (Å²) in [6, 6.07) is 13.6. The van der Waals surface area contributed by atoms with Crippen molar-refractivity contribution >= 4 is 35.0 Å². The van der Waals surface area contributed by atoms with Crippen molar-refractivity contribution in [3.05, 3.63) is 53.6 Å². The fraction of sp³-hybridized carbons (Fsp3) is 0.391. The lowest BCUT2D eigenvalue weighted by Crippen LogP contribution is -2.40. The van der Waals surface area contributed by atoms with Gasteiger partial charge in [0.25, 0.3) is 5.91 Å². The number of hydrogen-bond donors (Lipinski definition) is 1. The normalized spacial score (nSPS) is 16.7. The molecule has 0 unspecified atom stereocenters. The maximum absolute atomic E-state index is 12.5. The van der Waals surface area contributed by atoms with Crippen LogP contribution in [0.2, 0.25) is 0 Å². The van der Waals surface area contributed by atoms with Crippen LogP contribution in [0.15, 0.2) is 42.5 Å². The van der Waals surface area contributed by atoms with E-state index in [2.05, 4.69) is 22.3 Å². The second-order valence-corrected chi connectivity index (χ2v) is 8.86. The quantitative estimate of drug-likeness (QED) is 0.770. The van der Waals surface area contributed by atoms with Crippen LogP contribution in [-0.2, 0) is 16.1 Å². The summed E-state index contributed by atoms with van der Waals surface area (Å²) in [6.45, 7) is 5.57. The van der Waals surface area contributed by atoms with Crippen LogP contribution < -0.4 is 15.0 Å². The van der Waals surface area contributed by atoms with Crippen molar-refractivity contribution in [3.8, 4) is 5.75 Å². The molecule has 2 amide bonds. The number of carbonyl (C=O) groups is 2. The molecule has 0 aromatic heterocycles. The van der Waals surface area contributed by atoms with E-state index in [9.17, 15) is 9.59 Å². The topological polar surface area (TPSA) is 61.9 Å². The first kappa shape index (κ1) is 20.8. The highest BCUT2D eigenvalue weighted by Gasteiger charge is 2.25. The van der Waals surface area contributed by atoms with Crippen LogP contribution in [-0.4, -0.2) is 54.5 Å². The molecule has 1 N–H and O–H groups in total. The smallest absolute Gasteiger partial charge is 0.265 e. The minimum atomic E-state index is -0.127. The molecule has 0 saturated carbocycles. The number of hydrogen-bond acceptors (Lipinski definition) is 5. The van der Waals surface area contributed by atoms with Crippen molar-refractivity contribution in [1.29, 1.82) is 0 Å². The van der Waals surface area contributed by atoms with Gasteiger partial charge in [0.1, 0.15) is 5.75 Å². The highest BCUT2D eigenvalue weighted by molar-refractivity contribution is 7.99. The summed E-state index contributed by atoms with van der Waals surface area (Å²) in [4.78, 5) is 28.9. The number of aryl methyl sites for hydroxylation is 1. The Labute approximate surface area is 181 Å². The molecule has 0 aliphatic carbocycles. The van der Waals surface area contributed by atoms with Gasteiger partial charge in [-0.15, -0.1) is 0 Å². The van der Waals surface area contributed by atoms with Crippen LogP contribution in [0.1, 0.15) is 17.5 Å². The molecule has 158 valence electrons. The predicted octanol–water partition coefficient (Wildman–Crippen LogP) is 3.30. The van der Waals surface area contributed by atoms with E-state index in [-0.39, 0.29) is 24.8 Å². The Bertz CT molecular complexity index is 928. The summed E-state index contributed by atoms with van der Waals surface area (Å²) in [7, 11) is 0. The third-order valence-electron chi connectivity index (χ3n) is 5.45. The van der Waals surface area contributed by atoms with E-state index in [0.29, 0.717) is 12.3 Å². The zero-order valence-corrected chi connectivity index (χ0v) is 18.0. The van der Waals surface area contributed by atoms with Gasteiger partial charge < -0.3 is 15.0 Å². The maximum Gasteiger partial charge on any atom is 0.265 e. The number of amides is 2. The van der Waals surface area contributed by atoms with E-state index in [1.807, 2.05) is 49.0 Å². The minimum Gasteiger partial charge on any atom is -0.482 e. The molecule has 7 heteroatoms. The van der Waals surface area contributed by atoms with E-state index < -0.39 is 0 Å². The molecular formula is C23H27N3O3S. The standard InChI is InChI=1S/C23H27N3O3S/c1-17-14-18(15-25-10-12-30-13-11-25)6-7-19(17)24-22(27)8-9-26-20-4-2-3-5-21(20)29-16-23(26)28/h2-7,14H,8-13,15-16H2,1H3,(H,24,27). The molecule has 4 rings (SSSR count). The van der Waals surface area contributed by atoms with Crippen molar-refractivity contribution in [2.45, 2.75) is 19.9 Å². The van der Waals surface area contributed by atoms with Gasteiger partial charge in [-0.3, -0.25) is 14.5 Å². The lowest BCUT2D eigenvalue weighted by Gasteiger charge is -2.29. The highest BCUT2D eigenvalue weighted by atomic mass is 32.2. The van der Waals surface area contributed by atoms with Crippen LogP contribution in [0.4, 0.5) is 11.4 Å². The Balaban J connectivity index is 1.33. The zero-order valence-electron chi connectivity index (χ0n) is 17.2. The lowest BCUT2D eigenvalue weighted by molar-refractivity contribution is -0.121. The van der Waals surface area contributed by atoms with Gasteiger partial charge >= 0.3 is 0 Å². The summed E-state index contributed by atoms with van der Waals surface area (Å²) in [6.07, 6.45) is 0.229. The summed E-state index contributed by atoms with van der Waals surface area (Å²) < 4.78 is 5.45. The van der Waals surface area contributed by atoms with E-state index in [4.69, 9.17) is 4.74 Å². The van der Waals surface area contributed by atoms with Crippen LogP contribution in [0.3, 0.4) is 0 Å². The number of nitrogens with one attached hydrogen (secondary N) is 1. The van der Waals surface area contributed by atoms with Crippen molar-refractivity contribution in [2.75, 3.05) is 48.0 Å².